The van der Waals surface area contributed by atoms with Crippen molar-refractivity contribution < 1.29 is 34.1 Å². The topological polar surface area (TPSA) is 110 Å². The zero-order valence-electron chi connectivity index (χ0n) is 16.9. The van der Waals surface area contributed by atoms with E-state index in [9.17, 15) is 24.6 Å². The first-order valence-electron chi connectivity index (χ1n) is 9.83. The standard InChI is InChI=1S/C22H26O7/c1-12(24)7-5-4-6-8-17(25)18-19-15(10-23)14-9-13(2)28-11-16(14)20(26)22(19,3)29-21(18)27/h9-12,20,24,26H,4-8H2,1-3H3. The van der Waals surface area contributed by atoms with Crippen molar-refractivity contribution in [2.24, 2.45) is 0 Å². The normalized spacial score (nSPS) is 26.8. The zero-order valence-corrected chi connectivity index (χ0v) is 16.9. The van der Waals surface area contributed by atoms with E-state index in [1.807, 2.05) is 0 Å². The van der Waals surface area contributed by atoms with Gasteiger partial charge in [-0.1, -0.05) is 12.8 Å². The number of Topliss-reactive ketones (excluding diaryl/α,β-unsaturated/α-hetero) is 1. The van der Waals surface area contributed by atoms with Crippen LogP contribution in [0.4, 0.5) is 0 Å². The van der Waals surface area contributed by atoms with Gasteiger partial charge in [-0.25, -0.2) is 4.79 Å². The Hall–Kier alpha value is -2.51. The highest BCUT2D eigenvalue weighted by atomic mass is 16.6. The van der Waals surface area contributed by atoms with Crippen molar-refractivity contribution in [3.8, 4) is 0 Å². The van der Waals surface area contributed by atoms with E-state index in [1.54, 1.807) is 19.9 Å². The molecule has 2 N–H and O–H groups in total. The van der Waals surface area contributed by atoms with Crippen LogP contribution in [0.15, 0.2) is 46.0 Å². The van der Waals surface area contributed by atoms with Gasteiger partial charge in [-0.05, 0) is 45.3 Å². The number of aliphatic hydroxyl groups excluding tert-OH is 2. The summed E-state index contributed by atoms with van der Waals surface area (Å²) in [6, 6.07) is 0. The Labute approximate surface area is 169 Å². The maximum absolute atomic E-state index is 12.9. The minimum Gasteiger partial charge on any atom is -0.469 e. The summed E-state index contributed by atoms with van der Waals surface area (Å²) in [6.45, 7) is 4.91. The van der Waals surface area contributed by atoms with E-state index >= 15 is 0 Å². The van der Waals surface area contributed by atoms with E-state index in [-0.39, 0.29) is 29.2 Å². The fourth-order valence-electron chi connectivity index (χ4n) is 4.06. The summed E-state index contributed by atoms with van der Waals surface area (Å²) in [5.74, 6) is -0.704. The van der Waals surface area contributed by atoms with Gasteiger partial charge >= 0.3 is 5.97 Å². The SMILES string of the molecule is CC1=CC2=C(C=O)C3=C(C(=O)CCCCCC(C)O)C(=O)OC3(C)C(O)C2=CO1. The van der Waals surface area contributed by atoms with Crippen molar-refractivity contribution in [2.45, 2.75) is 70.7 Å². The molecule has 1 aliphatic carbocycles. The van der Waals surface area contributed by atoms with Crippen LogP contribution in [0, 0.1) is 0 Å². The van der Waals surface area contributed by atoms with Crippen LogP contribution in [-0.2, 0) is 23.9 Å². The molecule has 2 heterocycles. The molecule has 0 radical (unpaired) electrons. The van der Waals surface area contributed by atoms with Gasteiger partial charge in [-0.2, -0.15) is 0 Å². The average molecular weight is 402 g/mol. The fraction of sp³-hybridized carbons (Fsp3) is 0.500. The van der Waals surface area contributed by atoms with Gasteiger partial charge in [0.15, 0.2) is 17.7 Å². The van der Waals surface area contributed by atoms with Crippen molar-refractivity contribution in [3.05, 3.63) is 46.0 Å². The minimum absolute atomic E-state index is 0.127. The number of aliphatic hydroxyl groups is 2. The molecule has 3 aliphatic rings. The molecule has 0 bridgehead atoms. The van der Waals surface area contributed by atoms with E-state index in [2.05, 4.69) is 0 Å². The summed E-state index contributed by atoms with van der Waals surface area (Å²) in [4.78, 5) is 37.4. The van der Waals surface area contributed by atoms with Crippen LogP contribution < -0.4 is 0 Å². The van der Waals surface area contributed by atoms with Gasteiger partial charge in [0.25, 0.3) is 0 Å². The van der Waals surface area contributed by atoms with Crippen molar-refractivity contribution in [1.29, 1.82) is 0 Å². The van der Waals surface area contributed by atoms with Crippen molar-refractivity contribution in [1.82, 2.24) is 0 Å². The first kappa shape index (κ1) is 21.2. The van der Waals surface area contributed by atoms with E-state index in [4.69, 9.17) is 9.47 Å². The average Bonchev–Trinajstić information content (AvgIpc) is 2.93. The monoisotopic (exact) mass is 402 g/mol. The van der Waals surface area contributed by atoms with Crippen molar-refractivity contribution in [3.63, 3.8) is 0 Å². The molecule has 0 aromatic carbocycles. The number of ketones is 1. The summed E-state index contributed by atoms with van der Waals surface area (Å²) >= 11 is 0. The first-order valence-corrected chi connectivity index (χ1v) is 9.83. The van der Waals surface area contributed by atoms with E-state index in [0.29, 0.717) is 36.0 Å². The lowest BCUT2D eigenvalue weighted by atomic mass is 9.71. The molecule has 0 aromatic rings. The largest absolute Gasteiger partial charge is 0.469 e. The lowest BCUT2D eigenvalue weighted by Gasteiger charge is -2.39. The second-order valence-electron chi connectivity index (χ2n) is 7.91. The number of rotatable bonds is 8. The molecule has 0 aromatic heterocycles. The molecular formula is C22H26O7. The molecule has 156 valence electrons. The number of allylic oxidation sites excluding steroid dienone is 2. The number of ether oxygens (including phenoxy) is 2. The third-order valence-electron chi connectivity index (χ3n) is 5.58. The quantitative estimate of drug-likeness (QED) is 0.277. The Morgan fingerprint density at radius 3 is 2.72 bits per heavy atom. The molecule has 0 fully saturated rings. The summed E-state index contributed by atoms with van der Waals surface area (Å²) in [7, 11) is 0. The number of hydrogen-bond acceptors (Lipinski definition) is 7. The van der Waals surface area contributed by atoms with E-state index < -0.39 is 23.5 Å². The minimum atomic E-state index is -1.53. The molecule has 7 nitrogen and oxygen atoms in total. The van der Waals surface area contributed by atoms with Crippen LogP contribution in [-0.4, -0.2) is 46.1 Å². The Bertz CT molecular complexity index is 872. The predicted octanol–water partition coefficient (Wildman–Crippen LogP) is 2.19. The number of aldehydes is 1. The molecule has 0 spiro atoms. The highest BCUT2D eigenvalue weighted by Crippen LogP contribution is 2.49. The number of unbranched alkanes of at least 4 members (excludes halogenated alkanes) is 2. The molecular weight excluding hydrogens is 376 g/mol. The van der Waals surface area contributed by atoms with Crippen LogP contribution in [0.3, 0.4) is 0 Å². The summed E-state index contributed by atoms with van der Waals surface area (Å²) in [5, 5.41) is 20.2. The van der Waals surface area contributed by atoms with Gasteiger partial charge in [0, 0.05) is 23.1 Å². The maximum atomic E-state index is 12.9. The Morgan fingerprint density at radius 2 is 2.07 bits per heavy atom. The van der Waals surface area contributed by atoms with Gasteiger partial charge < -0.3 is 19.7 Å². The molecule has 2 aliphatic heterocycles. The van der Waals surface area contributed by atoms with Crippen LogP contribution in [0.1, 0.15) is 52.9 Å². The van der Waals surface area contributed by atoms with Crippen molar-refractivity contribution in [2.75, 3.05) is 0 Å². The molecule has 0 amide bonds. The molecule has 3 rings (SSSR count). The Morgan fingerprint density at radius 1 is 1.34 bits per heavy atom. The smallest absolute Gasteiger partial charge is 0.343 e. The first-order chi connectivity index (χ1) is 13.7. The maximum Gasteiger partial charge on any atom is 0.343 e. The molecule has 7 heteroatoms. The van der Waals surface area contributed by atoms with Gasteiger partial charge in [-0.3, -0.25) is 9.59 Å². The summed E-state index contributed by atoms with van der Waals surface area (Å²) in [5.41, 5.74) is -0.601. The van der Waals surface area contributed by atoms with E-state index in [0.717, 1.165) is 12.8 Å². The van der Waals surface area contributed by atoms with Crippen molar-refractivity contribution >= 4 is 18.0 Å². The molecule has 0 saturated heterocycles. The molecule has 0 saturated carbocycles. The number of carbonyl (C=O) groups excluding carboxylic acids is 3. The number of carbonyl (C=O) groups is 3. The zero-order chi connectivity index (χ0) is 21.3. The van der Waals surface area contributed by atoms with Crippen LogP contribution in [0.5, 0.6) is 0 Å². The van der Waals surface area contributed by atoms with Gasteiger partial charge in [0.1, 0.15) is 17.4 Å². The predicted molar refractivity (Wildman–Crippen MR) is 103 cm³/mol. The van der Waals surface area contributed by atoms with Crippen LogP contribution in [0.25, 0.3) is 0 Å². The Kier molecular flexibility index (Phi) is 5.91. The van der Waals surface area contributed by atoms with Gasteiger partial charge in [0.05, 0.1) is 12.4 Å². The van der Waals surface area contributed by atoms with Crippen LogP contribution >= 0.6 is 0 Å². The van der Waals surface area contributed by atoms with Gasteiger partial charge in [0.2, 0.25) is 0 Å². The number of hydrogen-bond donors (Lipinski definition) is 2. The third kappa shape index (κ3) is 3.72. The third-order valence-corrected chi connectivity index (χ3v) is 5.58. The summed E-state index contributed by atoms with van der Waals surface area (Å²) in [6.07, 6.45) is 4.75. The second kappa shape index (κ2) is 8.08. The number of fused-ring (bicyclic) bond motifs is 2. The van der Waals surface area contributed by atoms with Crippen LogP contribution in [0.2, 0.25) is 0 Å². The molecule has 29 heavy (non-hydrogen) atoms. The fourth-order valence-corrected chi connectivity index (χ4v) is 4.06. The van der Waals surface area contributed by atoms with Gasteiger partial charge in [-0.15, -0.1) is 0 Å². The lowest BCUT2D eigenvalue weighted by Crippen LogP contribution is -2.47. The number of esters is 1. The Balaban J connectivity index is 1.97. The second-order valence-corrected chi connectivity index (χ2v) is 7.91. The van der Waals surface area contributed by atoms with E-state index in [1.165, 1.54) is 13.2 Å². The molecule has 3 unspecified atom stereocenters. The highest BCUT2D eigenvalue weighted by Gasteiger charge is 2.56. The highest BCUT2D eigenvalue weighted by molar-refractivity contribution is 6.21. The molecule has 3 atom stereocenters. The summed E-state index contributed by atoms with van der Waals surface area (Å²) < 4.78 is 10.8. The lowest BCUT2D eigenvalue weighted by molar-refractivity contribution is -0.153.